The van der Waals surface area contributed by atoms with Crippen molar-refractivity contribution in [2.24, 2.45) is 40.9 Å². The van der Waals surface area contributed by atoms with E-state index in [1.165, 1.54) is 0 Å². The maximum absolute atomic E-state index is 13.0. The Hall–Kier alpha value is -0.430. The minimum Gasteiger partial charge on any atom is -0.346 e. The molecule has 1 spiro atoms. The summed E-state index contributed by atoms with van der Waals surface area (Å²) in [4.78, 5) is 0.465. The SMILES string of the molecule is O=S(=O)(C[C@]12[C@@H]3[C@@H]4[C@H]5[C@@H]1[C@H]2[C@@](Br)([C@H]43)C51OCCO1)c1ccccc1. The van der Waals surface area contributed by atoms with Gasteiger partial charge in [-0.05, 0) is 47.1 Å². The number of rotatable bonds is 3. The smallest absolute Gasteiger partial charge is 0.187 e. The van der Waals surface area contributed by atoms with E-state index in [0.717, 1.165) is 0 Å². The zero-order chi connectivity index (χ0) is 16.1. The Balaban J connectivity index is 1.31. The van der Waals surface area contributed by atoms with Gasteiger partial charge in [-0.2, -0.15) is 0 Å². The number of ether oxygens (including phenoxy) is 2. The molecule has 0 unspecified atom stereocenters. The van der Waals surface area contributed by atoms with E-state index in [2.05, 4.69) is 15.9 Å². The molecule has 8 rings (SSSR count). The van der Waals surface area contributed by atoms with Crippen LogP contribution in [0.3, 0.4) is 0 Å². The monoisotopic (exact) mass is 408 g/mol. The second-order valence-electron chi connectivity index (χ2n) is 8.48. The summed E-state index contributed by atoms with van der Waals surface area (Å²) in [5, 5.41) is 0. The van der Waals surface area contributed by atoms with Crippen molar-refractivity contribution >= 4 is 25.8 Å². The molecule has 1 saturated heterocycles. The van der Waals surface area contributed by atoms with Crippen LogP contribution < -0.4 is 0 Å². The van der Waals surface area contributed by atoms with Gasteiger partial charge >= 0.3 is 0 Å². The van der Waals surface area contributed by atoms with Crippen LogP contribution in [-0.2, 0) is 19.3 Å². The largest absolute Gasteiger partial charge is 0.346 e. The highest BCUT2D eigenvalue weighted by atomic mass is 79.9. The van der Waals surface area contributed by atoms with Crippen LogP contribution in [0.15, 0.2) is 35.2 Å². The first kappa shape index (κ1) is 13.7. The molecule has 7 fully saturated rings. The number of hydrogen-bond donors (Lipinski definition) is 0. The standard InChI is InChI=1S/C18H17BrO4S/c19-17-12-10-11(12)16(8-24(20,21)9-4-2-1-3-5-9)14(15(16)17)13(10)18(17)22-6-7-23-18/h1-5,10-15H,6-8H2/t10-,11+,12+,13-,14+,15+,16-,17-/m0/s1. The van der Waals surface area contributed by atoms with E-state index in [4.69, 9.17) is 9.47 Å². The third-order valence-corrected chi connectivity index (χ3v) is 11.6. The highest BCUT2D eigenvalue weighted by Crippen LogP contribution is 3.04. The lowest BCUT2D eigenvalue weighted by molar-refractivity contribution is -0.192. The number of sulfone groups is 1. The van der Waals surface area contributed by atoms with Crippen LogP contribution in [0.2, 0.25) is 0 Å². The lowest BCUT2D eigenvalue weighted by Gasteiger charge is -2.37. The first-order valence-electron chi connectivity index (χ1n) is 8.75. The van der Waals surface area contributed by atoms with Crippen LogP contribution >= 0.6 is 15.9 Å². The van der Waals surface area contributed by atoms with Crippen molar-refractivity contribution < 1.29 is 17.9 Å². The van der Waals surface area contributed by atoms with Crippen LogP contribution in [0.1, 0.15) is 0 Å². The maximum Gasteiger partial charge on any atom is 0.187 e. The van der Waals surface area contributed by atoms with E-state index in [1.54, 1.807) is 12.1 Å². The van der Waals surface area contributed by atoms with Crippen molar-refractivity contribution in [3.63, 3.8) is 0 Å². The molecule has 126 valence electrons. The Morgan fingerprint density at radius 3 is 2.33 bits per heavy atom. The number of benzene rings is 1. The number of alkyl halides is 1. The van der Waals surface area contributed by atoms with Gasteiger partial charge in [0.25, 0.3) is 0 Å². The molecule has 1 aliphatic heterocycles. The topological polar surface area (TPSA) is 52.6 Å². The zero-order valence-corrected chi connectivity index (χ0v) is 15.3. The van der Waals surface area contributed by atoms with Crippen molar-refractivity contribution in [2.75, 3.05) is 19.0 Å². The normalized spacial score (nSPS) is 56.2. The first-order chi connectivity index (χ1) is 11.5. The lowest BCUT2D eigenvalue weighted by Crippen LogP contribution is -2.50. The van der Waals surface area contributed by atoms with Crippen LogP contribution in [-0.4, -0.2) is 37.5 Å². The average molecular weight is 409 g/mol. The minimum absolute atomic E-state index is 0.0151. The molecule has 24 heavy (non-hydrogen) atoms. The molecule has 4 nitrogen and oxygen atoms in total. The predicted octanol–water partition coefficient (Wildman–Crippen LogP) is 2.09. The van der Waals surface area contributed by atoms with Gasteiger partial charge in [0, 0.05) is 5.92 Å². The van der Waals surface area contributed by atoms with Gasteiger partial charge in [0.1, 0.15) is 0 Å². The van der Waals surface area contributed by atoms with Crippen LogP contribution in [0, 0.1) is 40.9 Å². The molecule has 0 radical (unpaired) electrons. The fourth-order valence-electron chi connectivity index (χ4n) is 7.93. The summed E-state index contributed by atoms with van der Waals surface area (Å²) in [6.45, 7) is 1.34. The Bertz CT molecular complexity index is 895. The highest BCUT2D eigenvalue weighted by molar-refractivity contribution is 9.10. The predicted molar refractivity (Wildman–Crippen MR) is 88.2 cm³/mol. The lowest BCUT2D eigenvalue weighted by atomic mass is 9.95. The van der Waals surface area contributed by atoms with Gasteiger partial charge in [0.05, 0.1) is 28.2 Å². The Morgan fingerprint density at radius 1 is 1.04 bits per heavy atom. The molecular weight excluding hydrogens is 392 g/mol. The van der Waals surface area contributed by atoms with Gasteiger partial charge in [0.2, 0.25) is 0 Å². The molecule has 1 aromatic rings. The summed E-state index contributed by atoms with van der Waals surface area (Å²) in [7, 11) is -3.24. The highest BCUT2D eigenvalue weighted by Gasteiger charge is 3.09. The maximum atomic E-state index is 13.0. The van der Waals surface area contributed by atoms with Gasteiger partial charge in [0.15, 0.2) is 15.6 Å². The molecule has 0 N–H and O–H groups in total. The van der Waals surface area contributed by atoms with E-state index < -0.39 is 15.6 Å². The quantitative estimate of drug-likeness (QED) is 0.718. The second-order valence-corrected chi connectivity index (χ2v) is 11.8. The summed E-state index contributed by atoms with van der Waals surface area (Å²) in [5.74, 6) is 2.87. The summed E-state index contributed by atoms with van der Waals surface area (Å²) >= 11 is 4.06. The van der Waals surface area contributed by atoms with Crippen LogP contribution in [0.25, 0.3) is 0 Å². The molecule has 1 heterocycles. The van der Waals surface area contributed by atoms with E-state index in [-0.39, 0.29) is 9.74 Å². The molecule has 1 aromatic carbocycles. The molecule has 7 aliphatic rings. The van der Waals surface area contributed by atoms with Gasteiger partial charge in [-0.25, -0.2) is 8.42 Å². The average Bonchev–Trinajstić information content (AvgIpc) is 3.25. The molecule has 0 amide bonds. The summed E-state index contributed by atoms with van der Waals surface area (Å²) in [6.07, 6.45) is 0. The Labute approximate surface area is 148 Å². The first-order valence-corrected chi connectivity index (χ1v) is 11.2. The fourth-order valence-corrected chi connectivity index (χ4v) is 11.7. The fraction of sp³-hybridized carbons (Fsp3) is 0.667. The Kier molecular flexibility index (Phi) is 2.02. The van der Waals surface area contributed by atoms with E-state index in [1.807, 2.05) is 18.2 Å². The van der Waals surface area contributed by atoms with E-state index >= 15 is 0 Å². The van der Waals surface area contributed by atoms with Gasteiger partial charge in [-0.15, -0.1) is 0 Å². The summed E-state index contributed by atoms with van der Waals surface area (Å²) in [6, 6.07) is 8.93. The van der Waals surface area contributed by atoms with Gasteiger partial charge in [-0.1, -0.05) is 34.1 Å². The number of halogens is 1. The minimum atomic E-state index is -3.24. The second kappa shape index (κ2) is 3.53. The van der Waals surface area contributed by atoms with Crippen LogP contribution in [0.4, 0.5) is 0 Å². The van der Waals surface area contributed by atoms with Gasteiger partial charge in [-0.3, -0.25) is 0 Å². The van der Waals surface area contributed by atoms with E-state index in [9.17, 15) is 8.42 Å². The molecule has 8 atom stereocenters. The van der Waals surface area contributed by atoms with Crippen molar-refractivity contribution in [1.29, 1.82) is 0 Å². The van der Waals surface area contributed by atoms with E-state index in [0.29, 0.717) is 59.4 Å². The molecule has 6 aliphatic carbocycles. The molecule has 6 heteroatoms. The molecular formula is C18H17BrO4S. The Morgan fingerprint density at radius 2 is 1.75 bits per heavy atom. The molecule has 2 bridgehead atoms. The molecule has 0 aromatic heterocycles. The summed E-state index contributed by atoms with van der Waals surface area (Å²) in [5.41, 5.74) is -0.0151. The molecule has 6 saturated carbocycles. The van der Waals surface area contributed by atoms with Crippen LogP contribution in [0.5, 0.6) is 0 Å². The number of hydrogen-bond acceptors (Lipinski definition) is 4. The van der Waals surface area contributed by atoms with Crippen molar-refractivity contribution in [3.8, 4) is 0 Å². The third kappa shape index (κ3) is 1.04. The zero-order valence-electron chi connectivity index (χ0n) is 12.9. The van der Waals surface area contributed by atoms with Gasteiger partial charge < -0.3 is 9.47 Å². The third-order valence-electron chi connectivity index (χ3n) is 8.12. The van der Waals surface area contributed by atoms with Crippen molar-refractivity contribution in [1.82, 2.24) is 0 Å². The van der Waals surface area contributed by atoms with Crippen molar-refractivity contribution in [3.05, 3.63) is 30.3 Å². The van der Waals surface area contributed by atoms with Crippen molar-refractivity contribution in [2.45, 2.75) is 15.0 Å². The summed E-state index contributed by atoms with van der Waals surface area (Å²) < 4.78 is 38.2.